The Balaban J connectivity index is 2.52. The molecule has 0 saturated carbocycles. The first-order chi connectivity index (χ1) is 8.52. The number of carbonyl (C=O) groups excluding carboxylic acids is 1. The van der Waals surface area contributed by atoms with Crippen LogP contribution in [0, 0.1) is 6.92 Å². The summed E-state index contributed by atoms with van der Waals surface area (Å²) in [5.74, 6) is -0.423. The number of halogens is 2. The third-order valence-electron chi connectivity index (χ3n) is 2.33. The fourth-order valence-electron chi connectivity index (χ4n) is 1.46. The van der Waals surface area contributed by atoms with Crippen LogP contribution in [0.4, 0.5) is 0 Å². The zero-order valence-electron chi connectivity index (χ0n) is 9.66. The molecule has 0 amide bonds. The highest BCUT2D eigenvalue weighted by atomic mass is 79.9. The van der Waals surface area contributed by atoms with Crippen molar-refractivity contribution in [1.29, 1.82) is 0 Å². The molecular weight excluding hydrogens is 338 g/mol. The van der Waals surface area contributed by atoms with Crippen molar-refractivity contribution in [2.75, 3.05) is 7.11 Å². The van der Waals surface area contributed by atoms with Crippen molar-refractivity contribution in [2.24, 2.45) is 0 Å². The lowest BCUT2D eigenvalue weighted by Crippen LogP contribution is -2.03. The normalized spacial score (nSPS) is 10.4. The molecule has 0 aliphatic heterocycles. The minimum Gasteiger partial charge on any atom is -0.464 e. The van der Waals surface area contributed by atoms with Crippen molar-refractivity contribution in [3.05, 3.63) is 38.3 Å². The largest absolute Gasteiger partial charge is 0.464 e. The van der Waals surface area contributed by atoms with Gasteiger partial charge in [-0.15, -0.1) is 11.3 Å². The van der Waals surface area contributed by atoms with Gasteiger partial charge in [0.05, 0.1) is 7.11 Å². The van der Waals surface area contributed by atoms with E-state index in [1.807, 2.05) is 19.1 Å². The summed E-state index contributed by atoms with van der Waals surface area (Å²) >= 11 is 10.8. The van der Waals surface area contributed by atoms with Crippen molar-refractivity contribution >= 4 is 44.8 Å². The van der Waals surface area contributed by atoms with E-state index in [2.05, 4.69) is 25.7 Å². The number of methoxy groups -OCH3 is 1. The lowest BCUT2D eigenvalue weighted by atomic mass is 10.2. The van der Waals surface area contributed by atoms with Crippen molar-refractivity contribution in [3.8, 4) is 10.6 Å². The molecule has 0 fully saturated rings. The Hall–Kier alpha value is -0.910. The summed E-state index contributed by atoms with van der Waals surface area (Å²) in [6.45, 7) is 1.84. The van der Waals surface area contributed by atoms with Crippen LogP contribution in [0.5, 0.6) is 0 Å². The quantitative estimate of drug-likeness (QED) is 0.760. The number of esters is 1. The van der Waals surface area contributed by atoms with E-state index in [4.69, 9.17) is 11.6 Å². The molecule has 2 rings (SSSR count). The molecule has 0 N–H and O–H groups in total. The van der Waals surface area contributed by atoms with Gasteiger partial charge in [-0.2, -0.15) is 0 Å². The van der Waals surface area contributed by atoms with Gasteiger partial charge < -0.3 is 4.74 Å². The van der Waals surface area contributed by atoms with E-state index in [1.165, 1.54) is 18.4 Å². The number of hydrogen-bond donors (Lipinski definition) is 0. The van der Waals surface area contributed by atoms with E-state index in [0.717, 1.165) is 19.9 Å². The summed E-state index contributed by atoms with van der Waals surface area (Å²) in [5, 5.41) is 1.36. The standard InChI is InChI=1S/C12H9BrClNO2S/c1-6-10(12(16)17-2)15-11(18-6)8-5-7(14)3-4-9(8)13/h3-5H,1-2H3. The number of nitrogens with zero attached hydrogens (tertiary/aromatic N) is 1. The fraction of sp³-hybridized carbons (Fsp3) is 0.167. The van der Waals surface area contributed by atoms with Gasteiger partial charge in [0, 0.05) is 19.9 Å². The van der Waals surface area contributed by atoms with Crippen LogP contribution in [0.2, 0.25) is 5.02 Å². The highest BCUT2D eigenvalue weighted by Gasteiger charge is 2.17. The van der Waals surface area contributed by atoms with Crippen LogP contribution < -0.4 is 0 Å². The van der Waals surface area contributed by atoms with E-state index in [-0.39, 0.29) is 0 Å². The van der Waals surface area contributed by atoms with Gasteiger partial charge in [0.25, 0.3) is 0 Å². The predicted octanol–water partition coefficient (Wildman–Crippen LogP) is 4.32. The van der Waals surface area contributed by atoms with Crippen LogP contribution >= 0.6 is 38.9 Å². The maximum atomic E-state index is 11.5. The lowest BCUT2D eigenvalue weighted by Gasteiger charge is -2.00. The minimum atomic E-state index is -0.423. The first kappa shape index (κ1) is 13.5. The Kier molecular flexibility index (Phi) is 4.04. The molecule has 0 saturated heterocycles. The van der Waals surface area contributed by atoms with E-state index >= 15 is 0 Å². The Morgan fingerprint density at radius 3 is 2.89 bits per heavy atom. The Morgan fingerprint density at radius 2 is 2.22 bits per heavy atom. The maximum absolute atomic E-state index is 11.5. The van der Waals surface area contributed by atoms with Crippen molar-refractivity contribution in [1.82, 2.24) is 4.98 Å². The summed E-state index contributed by atoms with van der Waals surface area (Å²) in [7, 11) is 1.34. The Morgan fingerprint density at radius 1 is 1.50 bits per heavy atom. The Bertz CT molecular complexity index is 612. The van der Waals surface area contributed by atoms with Gasteiger partial charge in [-0.1, -0.05) is 27.5 Å². The van der Waals surface area contributed by atoms with Crippen LogP contribution in [0.25, 0.3) is 10.6 Å². The second kappa shape index (κ2) is 5.38. The predicted molar refractivity (Wildman–Crippen MR) is 76.3 cm³/mol. The first-order valence-electron chi connectivity index (χ1n) is 5.04. The number of carbonyl (C=O) groups is 1. The highest BCUT2D eigenvalue weighted by Crippen LogP contribution is 2.34. The van der Waals surface area contributed by atoms with Crippen LogP contribution in [0.3, 0.4) is 0 Å². The van der Waals surface area contributed by atoms with Crippen LogP contribution in [-0.2, 0) is 4.74 Å². The fourth-order valence-corrected chi connectivity index (χ4v) is 3.13. The molecule has 0 spiro atoms. The average Bonchev–Trinajstić information content (AvgIpc) is 2.73. The molecule has 0 aliphatic carbocycles. The topological polar surface area (TPSA) is 39.2 Å². The van der Waals surface area contributed by atoms with E-state index in [9.17, 15) is 4.79 Å². The van der Waals surface area contributed by atoms with Gasteiger partial charge in [-0.05, 0) is 25.1 Å². The molecule has 1 aromatic heterocycles. The Labute approximate surface area is 122 Å². The third-order valence-corrected chi connectivity index (χ3v) is 4.26. The van der Waals surface area contributed by atoms with Crippen molar-refractivity contribution in [3.63, 3.8) is 0 Å². The number of aromatic nitrogens is 1. The molecule has 0 bridgehead atoms. The molecule has 2 aromatic rings. The summed E-state index contributed by atoms with van der Waals surface area (Å²) in [4.78, 5) is 16.6. The van der Waals surface area contributed by atoms with Crippen molar-refractivity contribution in [2.45, 2.75) is 6.92 Å². The van der Waals surface area contributed by atoms with E-state index in [1.54, 1.807) is 6.07 Å². The van der Waals surface area contributed by atoms with Crippen LogP contribution in [-0.4, -0.2) is 18.1 Å². The molecular formula is C12H9BrClNO2S. The third kappa shape index (κ3) is 2.58. The van der Waals surface area contributed by atoms with Gasteiger partial charge in [0.2, 0.25) is 0 Å². The smallest absolute Gasteiger partial charge is 0.357 e. The summed E-state index contributed by atoms with van der Waals surface area (Å²) < 4.78 is 5.57. The second-order valence-electron chi connectivity index (χ2n) is 3.54. The number of ether oxygens (including phenoxy) is 1. The molecule has 1 aromatic carbocycles. The summed E-state index contributed by atoms with van der Waals surface area (Å²) in [6, 6.07) is 5.45. The molecule has 94 valence electrons. The molecule has 0 unspecified atom stereocenters. The summed E-state index contributed by atoms with van der Waals surface area (Å²) in [6.07, 6.45) is 0. The number of benzene rings is 1. The second-order valence-corrected chi connectivity index (χ2v) is 6.03. The highest BCUT2D eigenvalue weighted by molar-refractivity contribution is 9.10. The molecule has 1 heterocycles. The van der Waals surface area contributed by atoms with Gasteiger partial charge in [-0.25, -0.2) is 9.78 Å². The van der Waals surface area contributed by atoms with E-state index in [0.29, 0.717) is 10.7 Å². The summed E-state index contributed by atoms with van der Waals surface area (Å²) in [5.41, 5.74) is 1.22. The van der Waals surface area contributed by atoms with Crippen LogP contribution in [0.15, 0.2) is 22.7 Å². The van der Waals surface area contributed by atoms with Gasteiger partial charge >= 0.3 is 5.97 Å². The zero-order valence-corrected chi connectivity index (χ0v) is 12.8. The average molecular weight is 347 g/mol. The van der Waals surface area contributed by atoms with Gasteiger partial charge in [-0.3, -0.25) is 0 Å². The number of rotatable bonds is 2. The van der Waals surface area contributed by atoms with Crippen molar-refractivity contribution < 1.29 is 9.53 Å². The lowest BCUT2D eigenvalue weighted by molar-refractivity contribution is 0.0594. The maximum Gasteiger partial charge on any atom is 0.357 e. The minimum absolute atomic E-state index is 0.351. The van der Waals surface area contributed by atoms with Crippen LogP contribution in [0.1, 0.15) is 15.4 Å². The molecule has 3 nitrogen and oxygen atoms in total. The number of aryl methyl sites for hydroxylation is 1. The molecule has 0 aliphatic rings. The SMILES string of the molecule is COC(=O)c1nc(-c2cc(Cl)ccc2Br)sc1C. The number of hydrogen-bond acceptors (Lipinski definition) is 4. The molecule has 0 radical (unpaired) electrons. The van der Waals surface area contributed by atoms with Gasteiger partial charge in [0.15, 0.2) is 5.69 Å². The monoisotopic (exact) mass is 345 g/mol. The number of thiazole rings is 1. The zero-order chi connectivity index (χ0) is 13.3. The van der Waals surface area contributed by atoms with Gasteiger partial charge in [0.1, 0.15) is 5.01 Å². The molecule has 18 heavy (non-hydrogen) atoms. The first-order valence-corrected chi connectivity index (χ1v) is 7.03. The van der Waals surface area contributed by atoms with E-state index < -0.39 is 5.97 Å². The molecule has 6 heteroatoms. The molecule has 0 atom stereocenters.